The van der Waals surface area contributed by atoms with Crippen LogP contribution in [0.3, 0.4) is 0 Å². The average Bonchev–Trinajstić information content (AvgIpc) is 2.46. The summed E-state index contributed by atoms with van der Waals surface area (Å²) in [7, 11) is 0. The van der Waals surface area contributed by atoms with Gasteiger partial charge >= 0.3 is 0 Å². The van der Waals surface area contributed by atoms with E-state index in [1.165, 1.54) is 0 Å². The number of aromatic hydroxyl groups is 1. The van der Waals surface area contributed by atoms with Crippen molar-refractivity contribution in [3.8, 4) is 6.01 Å². The van der Waals surface area contributed by atoms with Crippen LogP contribution in [0.25, 0.3) is 0 Å². The molecule has 1 heterocycles. The minimum atomic E-state index is -0.676. The molecule has 116 valence electrons. The fourth-order valence-corrected chi connectivity index (χ4v) is 2.07. The van der Waals surface area contributed by atoms with E-state index < -0.39 is 18.2 Å². The van der Waals surface area contributed by atoms with Crippen molar-refractivity contribution in [1.82, 2.24) is 9.97 Å². The summed E-state index contributed by atoms with van der Waals surface area (Å²) >= 11 is 0. The zero-order chi connectivity index (χ0) is 16.3. The molecule has 7 heteroatoms. The van der Waals surface area contributed by atoms with E-state index in [1.807, 2.05) is 38.1 Å². The van der Waals surface area contributed by atoms with E-state index >= 15 is 0 Å². The van der Waals surface area contributed by atoms with Crippen LogP contribution < -0.4 is 10.9 Å². The zero-order valence-electron chi connectivity index (χ0n) is 12.3. The topological polar surface area (TPSA) is 122 Å². The van der Waals surface area contributed by atoms with E-state index in [0.29, 0.717) is 0 Å². The third kappa shape index (κ3) is 3.32. The van der Waals surface area contributed by atoms with Gasteiger partial charge in [-0.3, -0.25) is 9.78 Å². The number of aryl methyl sites for hydroxylation is 1. The molecule has 0 aliphatic carbocycles. The van der Waals surface area contributed by atoms with Gasteiger partial charge < -0.3 is 20.9 Å². The summed E-state index contributed by atoms with van der Waals surface area (Å²) in [6.07, 6.45) is 0. The number of aromatic nitrogens is 2. The molecule has 0 bridgehead atoms. The van der Waals surface area contributed by atoms with Gasteiger partial charge in [-0.05, 0) is 19.4 Å². The van der Waals surface area contributed by atoms with Gasteiger partial charge in [0.15, 0.2) is 0 Å². The van der Waals surface area contributed by atoms with Gasteiger partial charge in [-0.15, -0.1) is 0 Å². The highest BCUT2D eigenvalue weighted by atomic mass is 16.3. The lowest BCUT2D eigenvalue weighted by Crippen LogP contribution is -2.24. The first-order valence-corrected chi connectivity index (χ1v) is 6.77. The van der Waals surface area contributed by atoms with Crippen LogP contribution in [0.15, 0.2) is 29.1 Å². The summed E-state index contributed by atoms with van der Waals surface area (Å²) < 4.78 is 0. The molecule has 2 rings (SSSR count). The Labute approximate surface area is 127 Å². The lowest BCUT2D eigenvalue weighted by molar-refractivity contribution is 0.357. The monoisotopic (exact) mass is 302 g/mol. The van der Waals surface area contributed by atoms with E-state index in [9.17, 15) is 9.90 Å². The molecule has 0 radical (unpaired) electrons. The second-order valence-electron chi connectivity index (χ2n) is 5.03. The molecule has 2 aromatic rings. The first-order chi connectivity index (χ1) is 10.4. The molecular formula is C15H18N4O3. The van der Waals surface area contributed by atoms with E-state index in [1.54, 1.807) is 0 Å². The Morgan fingerprint density at radius 3 is 2.64 bits per heavy atom. The van der Waals surface area contributed by atoms with Gasteiger partial charge in [-0.25, -0.2) is 0 Å². The summed E-state index contributed by atoms with van der Waals surface area (Å²) in [5, 5.41) is 29.2. The number of H-pyrrole nitrogens is 1. The molecule has 0 saturated heterocycles. The van der Waals surface area contributed by atoms with Crippen molar-refractivity contribution >= 4 is 11.5 Å². The first-order valence-electron chi connectivity index (χ1n) is 6.77. The molecule has 1 atom stereocenters. The molecule has 0 saturated carbocycles. The molecule has 0 aliphatic rings. The van der Waals surface area contributed by atoms with E-state index in [2.05, 4.69) is 15.3 Å². The second-order valence-corrected chi connectivity index (χ2v) is 5.03. The lowest BCUT2D eigenvalue weighted by Gasteiger charge is -2.17. The fourth-order valence-electron chi connectivity index (χ4n) is 2.07. The average molecular weight is 302 g/mol. The minimum absolute atomic E-state index is 0.0633. The molecule has 1 unspecified atom stereocenters. The standard InChI is InChI=1S/C15H18N4O3/c1-8-3-5-10(6-4-8)9(2)17-13-12(11(16)7-20)14(21)19-15(22)18-13/h3-6,9,16,20H,7H2,1-2H3,(H3,17,18,19,21,22). The number of anilines is 1. The molecule has 0 fully saturated rings. The lowest BCUT2D eigenvalue weighted by atomic mass is 10.1. The highest BCUT2D eigenvalue weighted by Crippen LogP contribution is 2.20. The summed E-state index contributed by atoms with van der Waals surface area (Å²) in [6, 6.07) is 7.08. The van der Waals surface area contributed by atoms with Gasteiger partial charge in [0.25, 0.3) is 11.6 Å². The number of aliphatic hydroxyl groups is 1. The van der Waals surface area contributed by atoms with Crippen LogP contribution in [0, 0.1) is 12.3 Å². The number of aromatic amines is 1. The highest BCUT2D eigenvalue weighted by Gasteiger charge is 2.17. The van der Waals surface area contributed by atoms with Gasteiger partial charge in [0, 0.05) is 6.04 Å². The Morgan fingerprint density at radius 2 is 2.05 bits per heavy atom. The van der Waals surface area contributed by atoms with Gasteiger partial charge in [0.2, 0.25) is 0 Å². The Hall–Kier alpha value is -2.67. The van der Waals surface area contributed by atoms with Crippen molar-refractivity contribution in [2.75, 3.05) is 11.9 Å². The fraction of sp³-hybridized carbons (Fsp3) is 0.267. The predicted molar refractivity (Wildman–Crippen MR) is 83.7 cm³/mol. The molecule has 1 aromatic heterocycles. The number of nitrogens with one attached hydrogen (secondary N) is 3. The SMILES string of the molecule is Cc1ccc(C(C)Nc2nc(O)[nH]c(=O)c2C(=N)CO)cc1. The minimum Gasteiger partial charge on any atom is -0.480 e. The maximum absolute atomic E-state index is 11.9. The Morgan fingerprint density at radius 1 is 1.41 bits per heavy atom. The molecule has 0 spiro atoms. The normalized spacial score (nSPS) is 12.0. The third-order valence-corrected chi connectivity index (χ3v) is 3.30. The maximum Gasteiger partial charge on any atom is 0.295 e. The molecule has 7 nitrogen and oxygen atoms in total. The van der Waals surface area contributed by atoms with Gasteiger partial charge in [0.05, 0.1) is 12.3 Å². The Balaban J connectivity index is 2.38. The predicted octanol–water partition coefficient (Wildman–Crippen LogP) is 1.32. The van der Waals surface area contributed by atoms with Gasteiger partial charge in [-0.1, -0.05) is 29.8 Å². The van der Waals surface area contributed by atoms with Crippen molar-refractivity contribution in [1.29, 1.82) is 5.41 Å². The van der Waals surface area contributed by atoms with Crippen molar-refractivity contribution in [2.24, 2.45) is 0 Å². The summed E-state index contributed by atoms with van der Waals surface area (Å²) in [4.78, 5) is 17.8. The van der Waals surface area contributed by atoms with Crippen LogP contribution in [0.5, 0.6) is 6.01 Å². The van der Waals surface area contributed by atoms with Crippen LogP contribution in [0.4, 0.5) is 5.82 Å². The summed E-state index contributed by atoms with van der Waals surface area (Å²) in [5.74, 6) is 0.0633. The second kappa shape index (κ2) is 6.40. The quantitative estimate of drug-likeness (QED) is 0.533. The van der Waals surface area contributed by atoms with Crippen LogP contribution in [0.2, 0.25) is 0 Å². The molecule has 5 N–H and O–H groups in total. The van der Waals surface area contributed by atoms with Crippen LogP contribution in [0.1, 0.15) is 29.7 Å². The number of benzene rings is 1. The molecule has 0 aliphatic heterocycles. The third-order valence-electron chi connectivity index (χ3n) is 3.30. The van der Waals surface area contributed by atoms with Crippen molar-refractivity contribution < 1.29 is 10.2 Å². The molecule has 22 heavy (non-hydrogen) atoms. The smallest absolute Gasteiger partial charge is 0.295 e. The van der Waals surface area contributed by atoms with E-state index in [0.717, 1.165) is 11.1 Å². The summed E-state index contributed by atoms with van der Waals surface area (Å²) in [5.41, 5.74) is 1.07. The van der Waals surface area contributed by atoms with E-state index in [-0.39, 0.29) is 23.1 Å². The highest BCUT2D eigenvalue weighted by molar-refractivity contribution is 6.02. The zero-order valence-corrected chi connectivity index (χ0v) is 12.3. The molecule has 1 aromatic carbocycles. The summed E-state index contributed by atoms with van der Waals surface area (Å²) in [6.45, 7) is 3.26. The number of hydrogen-bond donors (Lipinski definition) is 5. The number of aliphatic hydroxyl groups excluding tert-OH is 1. The number of nitrogens with zero attached hydrogens (tertiary/aromatic N) is 1. The molecular weight excluding hydrogens is 284 g/mol. The Bertz CT molecular complexity index is 737. The number of rotatable bonds is 5. The maximum atomic E-state index is 11.9. The van der Waals surface area contributed by atoms with Gasteiger partial charge in [0.1, 0.15) is 11.4 Å². The van der Waals surface area contributed by atoms with Crippen LogP contribution >= 0.6 is 0 Å². The van der Waals surface area contributed by atoms with Crippen molar-refractivity contribution in [2.45, 2.75) is 19.9 Å². The van der Waals surface area contributed by atoms with Gasteiger partial charge in [-0.2, -0.15) is 4.98 Å². The Kier molecular flexibility index (Phi) is 4.57. The van der Waals surface area contributed by atoms with E-state index in [4.69, 9.17) is 10.5 Å². The molecule has 0 amide bonds. The first kappa shape index (κ1) is 15.7. The van der Waals surface area contributed by atoms with Crippen LogP contribution in [-0.2, 0) is 0 Å². The largest absolute Gasteiger partial charge is 0.480 e. The van der Waals surface area contributed by atoms with Crippen LogP contribution in [-0.4, -0.2) is 32.5 Å². The van der Waals surface area contributed by atoms with Crippen molar-refractivity contribution in [3.05, 3.63) is 51.3 Å². The number of hydrogen-bond acceptors (Lipinski definition) is 6. The van der Waals surface area contributed by atoms with Crippen molar-refractivity contribution in [3.63, 3.8) is 0 Å².